The van der Waals surface area contributed by atoms with Crippen molar-refractivity contribution < 1.29 is 4.74 Å². The highest BCUT2D eigenvalue weighted by Crippen LogP contribution is 2.14. The van der Waals surface area contributed by atoms with Crippen molar-refractivity contribution in [2.45, 2.75) is 0 Å². The van der Waals surface area contributed by atoms with E-state index in [4.69, 9.17) is 4.74 Å². The molecule has 21 heavy (non-hydrogen) atoms. The maximum Gasteiger partial charge on any atom is 0.274 e. The van der Waals surface area contributed by atoms with Gasteiger partial charge in [-0.15, -0.1) is 0 Å². The first kappa shape index (κ1) is 13.1. The normalized spacial score (nSPS) is 11.1. The molecular formula is C17H14N2O2. The number of hydrogen-bond donors (Lipinski definition) is 1. The summed E-state index contributed by atoms with van der Waals surface area (Å²) >= 11 is 0. The summed E-state index contributed by atoms with van der Waals surface area (Å²) < 4.78 is 5.17. The Bertz CT molecular complexity index is 866. The zero-order chi connectivity index (χ0) is 14.7. The average Bonchev–Trinajstić information content (AvgIpc) is 2.53. The second kappa shape index (κ2) is 5.63. The van der Waals surface area contributed by atoms with E-state index in [1.54, 1.807) is 13.2 Å². The van der Waals surface area contributed by atoms with Crippen LogP contribution >= 0.6 is 0 Å². The number of nitrogens with zero attached hydrogens (tertiary/aromatic N) is 1. The van der Waals surface area contributed by atoms with Gasteiger partial charge in [-0.1, -0.05) is 30.3 Å². The third kappa shape index (κ3) is 2.84. The maximum absolute atomic E-state index is 12.0. The second-order valence-corrected chi connectivity index (χ2v) is 4.58. The molecule has 0 aliphatic heterocycles. The van der Waals surface area contributed by atoms with Crippen molar-refractivity contribution in [2.75, 3.05) is 7.11 Å². The molecule has 0 bridgehead atoms. The molecule has 1 N–H and O–H groups in total. The molecule has 4 nitrogen and oxygen atoms in total. The van der Waals surface area contributed by atoms with E-state index < -0.39 is 0 Å². The predicted molar refractivity (Wildman–Crippen MR) is 84.3 cm³/mol. The molecule has 0 aliphatic carbocycles. The number of methoxy groups -OCH3 is 1. The van der Waals surface area contributed by atoms with Gasteiger partial charge in [-0.25, -0.2) is 4.98 Å². The fourth-order valence-electron chi connectivity index (χ4n) is 2.08. The molecule has 0 amide bonds. The monoisotopic (exact) mass is 278 g/mol. The molecule has 0 saturated heterocycles. The summed E-state index contributed by atoms with van der Waals surface area (Å²) in [4.78, 5) is 19.2. The second-order valence-electron chi connectivity index (χ2n) is 4.58. The number of rotatable bonds is 3. The average molecular weight is 278 g/mol. The van der Waals surface area contributed by atoms with Crippen LogP contribution in [-0.2, 0) is 0 Å². The molecule has 3 aromatic rings. The molecule has 1 heterocycles. The molecule has 2 aromatic carbocycles. The van der Waals surface area contributed by atoms with E-state index in [2.05, 4.69) is 9.97 Å². The van der Waals surface area contributed by atoms with Gasteiger partial charge in [-0.05, 0) is 35.9 Å². The van der Waals surface area contributed by atoms with Crippen molar-refractivity contribution in [3.05, 3.63) is 70.1 Å². The SMILES string of the molecule is COc1cccc(/C=C/c2nc3ccccc3[nH]c2=O)c1. The van der Waals surface area contributed by atoms with Crippen LogP contribution in [0, 0.1) is 0 Å². The van der Waals surface area contributed by atoms with Gasteiger partial charge < -0.3 is 9.72 Å². The molecule has 4 heteroatoms. The Balaban J connectivity index is 1.98. The van der Waals surface area contributed by atoms with Gasteiger partial charge in [0.2, 0.25) is 0 Å². The molecule has 0 radical (unpaired) electrons. The van der Waals surface area contributed by atoms with Gasteiger partial charge in [0.1, 0.15) is 11.4 Å². The lowest BCUT2D eigenvalue weighted by Gasteiger charge is -2.00. The van der Waals surface area contributed by atoms with Crippen LogP contribution in [0.4, 0.5) is 0 Å². The Morgan fingerprint density at radius 3 is 2.81 bits per heavy atom. The zero-order valence-electron chi connectivity index (χ0n) is 11.5. The summed E-state index contributed by atoms with van der Waals surface area (Å²) in [7, 11) is 1.62. The number of ether oxygens (including phenoxy) is 1. The van der Waals surface area contributed by atoms with Crippen LogP contribution in [0.3, 0.4) is 0 Å². The van der Waals surface area contributed by atoms with Crippen LogP contribution < -0.4 is 10.3 Å². The van der Waals surface area contributed by atoms with Gasteiger partial charge in [0, 0.05) is 0 Å². The number of fused-ring (bicyclic) bond motifs is 1. The molecule has 1 aromatic heterocycles. The Kier molecular flexibility index (Phi) is 3.51. The number of hydrogen-bond acceptors (Lipinski definition) is 3. The highest BCUT2D eigenvalue weighted by atomic mass is 16.5. The molecule has 0 unspecified atom stereocenters. The first-order valence-corrected chi connectivity index (χ1v) is 6.57. The van der Waals surface area contributed by atoms with Gasteiger partial charge in [0.15, 0.2) is 0 Å². The number of H-pyrrole nitrogens is 1. The molecule has 0 spiro atoms. The zero-order valence-corrected chi connectivity index (χ0v) is 11.5. The Hall–Kier alpha value is -2.88. The lowest BCUT2D eigenvalue weighted by Crippen LogP contribution is -2.11. The van der Waals surface area contributed by atoms with Gasteiger partial charge in [0.25, 0.3) is 5.56 Å². The van der Waals surface area contributed by atoms with E-state index >= 15 is 0 Å². The van der Waals surface area contributed by atoms with Crippen molar-refractivity contribution in [2.24, 2.45) is 0 Å². The minimum absolute atomic E-state index is 0.201. The third-order valence-electron chi connectivity index (χ3n) is 3.15. The topological polar surface area (TPSA) is 55.0 Å². The van der Waals surface area contributed by atoms with Crippen molar-refractivity contribution in [1.82, 2.24) is 9.97 Å². The van der Waals surface area contributed by atoms with E-state index in [0.29, 0.717) is 5.69 Å². The van der Waals surface area contributed by atoms with E-state index in [9.17, 15) is 4.79 Å². The molecular weight excluding hydrogens is 264 g/mol. The van der Waals surface area contributed by atoms with E-state index in [0.717, 1.165) is 22.3 Å². The number of para-hydroxylation sites is 2. The summed E-state index contributed by atoms with van der Waals surface area (Å²) in [6.45, 7) is 0. The van der Waals surface area contributed by atoms with Crippen LogP contribution in [0.5, 0.6) is 5.75 Å². The number of benzene rings is 2. The molecule has 0 aliphatic rings. The number of aromatic amines is 1. The quantitative estimate of drug-likeness (QED) is 0.801. The van der Waals surface area contributed by atoms with Gasteiger partial charge >= 0.3 is 0 Å². The van der Waals surface area contributed by atoms with Crippen LogP contribution in [0.2, 0.25) is 0 Å². The standard InChI is InChI=1S/C17H14N2O2/c1-21-13-6-4-5-12(11-13)9-10-16-17(20)19-15-8-3-2-7-14(15)18-16/h2-11H,1H3,(H,19,20)/b10-9+. The fourth-order valence-corrected chi connectivity index (χ4v) is 2.08. The highest BCUT2D eigenvalue weighted by molar-refractivity contribution is 5.76. The van der Waals surface area contributed by atoms with E-state index in [1.807, 2.05) is 54.6 Å². The summed E-state index contributed by atoms with van der Waals surface area (Å²) in [5.74, 6) is 0.775. The van der Waals surface area contributed by atoms with Gasteiger partial charge in [0.05, 0.1) is 18.1 Å². The molecule has 0 saturated carbocycles. The Morgan fingerprint density at radius 2 is 1.95 bits per heavy atom. The third-order valence-corrected chi connectivity index (χ3v) is 3.15. The van der Waals surface area contributed by atoms with Crippen molar-refractivity contribution in [3.63, 3.8) is 0 Å². The molecule has 0 fully saturated rings. The van der Waals surface area contributed by atoms with Crippen molar-refractivity contribution in [1.29, 1.82) is 0 Å². The smallest absolute Gasteiger partial charge is 0.274 e. The highest BCUT2D eigenvalue weighted by Gasteiger charge is 2.01. The van der Waals surface area contributed by atoms with Crippen LogP contribution in [0.15, 0.2) is 53.3 Å². The van der Waals surface area contributed by atoms with Gasteiger partial charge in [-0.2, -0.15) is 0 Å². The maximum atomic E-state index is 12.0. The van der Waals surface area contributed by atoms with E-state index in [1.165, 1.54) is 0 Å². The lowest BCUT2D eigenvalue weighted by molar-refractivity contribution is 0.414. The first-order valence-electron chi connectivity index (χ1n) is 6.57. The van der Waals surface area contributed by atoms with Crippen molar-refractivity contribution >= 4 is 23.2 Å². The molecule has 3 rings (SSSR count). The minimum Gasteiger partial charge on any atom is -0.497 e. The molecule has 0 atom stereocenters. The van der Waals surface area contributed by atoms with Gasteiger partial charge in [-0.3, -0.25) is 4.79 Å². The number of aromatic nitrogens is 2. The summed E-state index contributed by atoms with van der Waals surface area (Å²) in [6, 6.07) is 15.1. The minimum atomic E-state index is -0.201. The molecule has 104 valence electrons. The number of nitrogens with one attached hydrogen (secondary N) is 1. The van der Waals surface area contributed by atoms with E-state index in [-0.39, 0.29) is 5.56 Å². The van der Waals surface area contributed by atoms with Crippen LogP contribution in [-0.4, -0.2) is 17.1 Å². The van der Waals surface area contributed by atoms with Crippen LogP contribution in [0.1, 0.15) is 11.3 Å². The Labute approximate surface area is 121 Å². The summed E-state index contributed by atoms with van der Waals surface area (Å²) in [6.07, 6.45) is 3.55. The fraction of sp³-hybridized carbons (Fsp3) is 0.0588. The summed E-state index contributed by atoms with van der Waals surface area (Å²) in [5.41, 5.74) is 2.64. The summed E-state index contributed by atoms with van der Waals surface area (Å²) in [5, 5.41) is 0. The Morgan fingerprint density at radius 1 is 1.10 bits per heavy atom. The predicted octanol–water partition coefficient (Wildman–Crippen LogP) is 3.10. The van der Waals surface area contributed by atoms with Crippen molar-refractivity contribution in [3.8, 4) is 5.75 Å². The first-order chi connectivity index (χ1) is 10.3. The lowest BCUT2D eigenvalue weighted by atomic mass is 10.2. The largest absolute Gasteiger partial charge is 0.497 e. The van der Waals surface area contributed by atoms with Crippen LogP contribution in [0.25, 0.3) is 23.2 Å².